The molecule has 1 aromatic rings. The summed E-state index contributed by atoms with van der Waals surface area (Å²) in [6.45, 7) is 5.28. The third-order valence-electron chi connectivity index (χ3n) is 2.57. The summed E-state index contributed by atoms with van der Waals surface area (Å²) in [5, 5.41) is 0. The summed E-state index contributed by atoms with van der Waals surface area (Å²) in [7, 11) is 0. The summed E-state index contributed by atoms with van der Waals surface area (Å²) in [5.41, 5.74) is 10.9. The van der Waals surface area contributed by atoms with Gasteiger partial charge in [0.25, 0.3) is 0 Å². The number of nitrogens with zero attached hydrogens (tertiary/aromatic N) is 2. The predicted octanol–water partition coefficient (Wildman–Crippen LogP) is 3.33. The highest BCUT2D eigenvalue weighted by molar-refractivity contribution is 5.38. The lowest BCUT2D eigenvalue weighted by atomic mass is 10.1. The summed E-state index contributed by atoms with van der Waals surface area (Å²) in [6.07, 6.45) is 7.64. The Morgan fingerprint density at radius 1 is 1.21 bits per heavy atom. The highest BCUT2D eigenvalue weighted by Gasteiger charge is 2.06. The van der Waals surface area contributed by atoms with E-state index in [-0.39, 0.29) is 0 Å². The molecule has 0 amide bonds. The Morgan fingerprint density at radius 3 is 2.57 bits per heavy atom. The van der Waals surface area contributed by atoms with Crippen LogP contribution in [0.1, 0.15) is 45.1 Å². The average Bonchev–Trinajstić information content (AvgIpc) is 2.54. The molecule has 0 saturated carbocycles. The van der Waals surface area contributed by atoms with Gasteiger partial charge in [-0.15, -0.1) is 5.73 Å². The van der Waals surface area contributed by atoms with E-state index in [0.29, 0.717) is 5.82 Å². The van der Waals surface area contributed by atoms with Crippen molar-refractivity contribution in [3.63, 3.8) is 0 Å². The predicted molar refractivity (Wildman–Crippen MR) is 59.7 cm³/mol. The molecule has 2 nitrogen and oxygen atoms in total. The van der Waals surface area contributed by atoms with Crippen molar-refractivity contribution in [1.29, 1.82) is 0 Å². The zero-order chi connectivity index (χ0) is 10.4. The maximum Gasteiger partial charge on any atom is 0.158 e. The van der Waals surface area contributed by atoms with E-state index in [4.69, 9.17) is 0 Å². The first-order chi connectivity index (χ1) is 6.79. The van der Waals surface area contributed by atoms with E-state index in [1.165, 1.54) is 12.8 Å². The third kappa shape index (κ3) is 2.79. The van der Waals surface area contributed by atoms with E-state index in [9.17, 15) is 5.73 Å². The van der Waals surface area contributed by atoms with Crippen LogP contribution in [-0.4, -0.2) is 4.57 Å². The first-order valence-corrected chi connectivity index (χ1v) is 5.66. The molecular formula is C12H20N2. The van der Waals surface area contributed by atoms with Gasteiger partial charge >= 0.3 is 0 Å². The van der Waals surface area contributed by atoms with Crippen molar-refractivity contribution in [2.24, 2.45) is 0 Å². The average molecular weight is 192 g/mol. The van der Waals surface area contributed by atoms with Crippen molar-refractivity contribution >= 4 is 5.82 Å². The number of rotatable bonds is 6. The fourth-order valence-electron chi connectivity index (χ4n) is 1.58. The molecule has 2 heteroatoms. The largest absolute Gasteiger partial charge is 0.331 e. The summed E-state index contributed by atoms with van der Waals surface area (Å²) in [4.78, 5) is 0. The first kappa shape index (κ1) is 11.2. The van der Waals surface area contributed by atoms with Crippen LogP contribution >= 0.6 is 0 Å². The Labute approximate surface area is 87.1 Å². The van der Waals surface area contributed by atoms with Crippen LogP contribution < -0.4 is 5.73 Å². The molecule has 0 bridgehead atoms. The maximum absolute atomic E-state index is 9.85. The van der Waals surface area contributed by atoms with Gasteiger partial charge in [0.2, 0.25) is 0 Å². The summed E-state index contributed by atoms with van der Waals surface area (Å²) in [6, 6.07) is 2.04. The zero-order valence-electron chi connectivity index (χ0n) is 9.29. The minimum atomic E-state index is 0.479. The molecule has 0 saturated heterocycles. The Morgan fingerprint density at radius 2 is 1.93 bits per heavy atom. The van der Waals surface area contributed by atoms with Crippen molar-refractivity contribution in [3.8, 4) is 0 Å². The molecule has 2 radical (unpaired) electrons. The van der Waals surface area contributed by atoms with Gasteiger partial charge in [0, 0.05) is 12.7 Å². The topological polar surface area (TPSA) is 27.2 Å². The number of hydrogen-bond donors (Lipinski definition) is 0. The summed E-state index contributed by atoms with van der Waals surface area (Å²) < 4.78 is 1.95. The summed E-state index contributed by atoms with van der Waals surface area (Å²) in [5.74, 6) is 0.479. The normalized spacial score (nSPS) is 10.7. The van der Waals surface area contributed by atoms with Gasteiger partial charge in [-0.05, 0) is 30.9 Å². The lowest BCUT2D eigenvalue weighted by Gasteiger charge is -2.03. The van der Waals surface area contributed by atoms with Gasteiger partial charge in [-0.1, -0.05) is 26.7 Å². The SMILES string of the molecule is CCCCc1ccn(CCCC)c1[N]. The van der Waals surface area contributed by atoms with E-state index < -0.39 is 0 Å². The van der Waals surface area contributed by atoms with Gasteiger partial charge in [-0.25, -0.2) is 0 Å². The lowest BCUT2D eigenvalue weighted by Crippen LogP contribution is -1.97. The molecule has 78 valence electrons. The lowest BCUT2D eigenvalue weighted by molar-refractivity contribution is 0.634. The molecule has 0 spiro atoms. The third-order valence-corrected chi connectivity index (χ3v) is 2.57. The van der Waals surface area contributed by atoms with Crippen LogP contribution in [0.25, 0.3) is 0 Å². The van der Waals surface area contributed by atoms with Crippen LogP contribution in [0.15, 0.2) is 12.3 Å². The van der Waals surface area contributed by atoms with Crippen LogP contribution in [0.3, 0.4) is 0 Å². The van der Waals surface area contributed by atoms with Crippen LogP contribution in [0.2, 0.25) is 0 Å². The standard InChI is InChI=1S/C12H20N2/c1-3-5-7-11-8-10-14(12(11)13)9-6-4-2/h8,10H,3-7,9H2,1-2H3. The second-order valence-corrected chi connectivity index (χ2v) is 3.82. The Hall–Kier alpha value is -0.920. The van der Waals surface area contributed by atoms with Gasteiger partial charge < -0.3 is 4.57 Å². The molecule has 1 heterocycles. The van der Waals surface area contributed by atoms with E-state index in [1.807, 2.05) is 16.8 Å². The highest BCUT2D eigenvalue weighted by Crippen LogP contribution is 2.18. The van der Waals surface area contributed by atoms with Crippen molar-refractivity contribution in [1.82, 2.24) is 10.3 Å². The maximum atomic E-state index is 9.85. The van der Waals surface area contributed by atoms with E-state index in [1.54, 1.807) is 0 Å². The second kappa shape index (κ2) is 5.74. The molecule has 14 heavy (non-hydrogen) atoms. The molecule has 0 atom stereocenters. The van der Waals surface area contributed by atoms with Gasteiger partial charge in [-0.3, -0.25) is 0 Å². The molecule has 0 fully saturated rings. The molecule has 0 aliphatic heterocycles. The van der Waals surface area contributed by atoms with Gasteiger partial charge in [0.05, 0.1) is 0 Å². The van der Waals surface area contributed by atoms with Crippen molar-refractivity contribution in [2.75, 3.05) is 0 Å². The smallest absolute Gasteiger partial charge is 0.158 e. The van der Waals surface area contributed by atoms with E-state index in [2.05, 4.69) is 13.8 Å². The molecular weight excluding hydrogens is 172 g/mol. The van der Waals surface area contributed by atoms with Gasteiger partial charge in [-0.2, -0.15) is 0 Å². The van der Waals surface area contributed by atoms with Crippen molar-refractivity contribution in [3.05, 3.63) is 17.8 Å². The van der Waals surface area contributed by atoms with Crippen LogP contribution in [0.5, 0.6) is 0 Å². The fourth-order valence-corrected chi connectivity index (χ4v) is 1.58. The number of hydrogen-bond acceptors (Lipinski definition) is 0. The second-order valence-electron chi connectivity index (χ2n) is 3.82. The van der Waals surface area contributed by atoms with Crippen LogP contribution in [0.4, 0.5) is 5.82 Å². The molecule has 0 aliphatic rings. The molecule has 0 unspecified atom stereocenters. The molecule has 1 aromatic heterocycles. The number of unbranched alkanes of at least 4 members (excludes halogenated alkanes) is 2. The van der Waals surface area contributed by atoms with E-state index >= 15 is 0 Å². The minimum Gasteiger partial charge on any atom is -0.331 e. The van der Waals surface area contributed by atoms with Gasteiger partial charge in [0.1, 0.15) is 0 Å². The van der Waals surface area contributed by atoms with Crippen LogP contribution in [-0.2, 0) is 13.0 Å². The molecule has 1 rings (SSSR count). The zero-order valence-corrected chi connectivity index (χ0v) is 9.29. The quantitative estimate of drug-likeness (QED) is 0.661. The fraction of sp³-hybridized carbons (Fsp3) is 0.667. The monoisotopic (exact) mass is 192 g/mol. The Bertz CT molecular complexity index is 238. The van der Waals surface area contributed by atoms with Crippen molar-refractivity contribution in [2.45, 2.75) is 52.5 Å². The number of aryl methyl sites for hydroxylation is 2. The van der Waals surface area contributed by atoms with Crippen LogP contribution in [0, 0.1) is 0 Å². The van der Waals surface area contributed by atoms with Gasteiger partial charge in [0.15, 0.2) is 5.82 Å². The Balaban J connectivity index is 2.55. The summed E-state index contributed by atoms with van der Waals surface area (Å²) >= 11 is 0. The van der Waals surface area contributed by atoms with Crippen molar-refractivity contribution < 1.29 is 0 Å². The molecule has 0 N–H and O–H groups in total. The molecule has 0 aromatic carbocycles. The van der Waals surface area contributed by atoms with E-state index in [0.717, 1.165) is 31.4 Å². The Kier molecular flexibility index (Phi) is 4.57. The highest BCUT2D eigenvalue weighted by atomic mass is 15.0. The number of aromatic nitrogens is 1. The minimum absolute atomic E-state index is 0.479. The molecule has 0 aliphatic carbocycles. The first-order valence-electron chi connectivity index (χ1n) is 5.66.